The maximum absolute atomic E-state index is 13.5. The molecule has 150 valence electrons. The van der Waals surface area contributed by atoms with E-state index in [4.69, 9.17) is 0 Å². The molecule has 0 fully saturated rings. The van der Waals surface area contributed by atoms with Crippen LogP contribution in [-0.2, 0) is 0 Å². The van der Waals surface area contributed by atoms with Gasteiger partial charge in [0.15, 0.2) is 0 Å². The molecule has 0 aliphatic carbocycles. The molecule has 4 nitrogen and oxygen atoms in total. The first kappa shape index (κ1) is 21.5. The summed E-state index contributed by atoms with van der Waals surface area (Å²) < 4.78 is 90.6. The highest BCUT2D eigenvalue weighted by atomic mass is 32.2. The van der Waals surface area contributed by atoms with Crippen molar-refractivity contribution in [1.29, 1.82) is 0 Å². The Bertz CT molecular complexity index is 883. The lowest BCUT2D eigenvalue weighted by Crippen LogP contribution is -2.36. The summed E-state index contributed by atoms with van der Waals surface area (Å²) in [6, 6.07) is 5.39. The first-order chi connectivity index (χ1) is 12.9. The number of carbonyl (C=O) groups excluding carboxylic acids is 2. The molecule has 2 aromatic carbocycles. The molecule has 0 heterocycles. The first-order valence-corrected chi connectivity index (χ1v) is 8.03. The van der Waals surface area contributed by atoms with Gasteiger partial charge < -0.3 is 5.32 Å². The number of hydrogen-bond acceptors (Lipinski definition) is 3. The van der Waals surface area contributed by atoms with E-state index >= 15 is 0 Å². The number of alkyl halides is 5. The van der Waals surface area contributed by atoms with E-state index in [1.54, 1.807) is 5.32 Å². The highest BCUT2D eigenvalue weighted by Crippen LogP contribution is 2.49. The van der Waals surface area contributed by atoms with Crippen molar-refractivity contribution in [3.05, 3.63) is 59.7 Å². The van der Waals surface area contributed by atoms with Crippen LogP contribution in [0.5, 0.6) is 0 Å². The Morgan fingerprint density at radius 2 is 1.43 bits per heavy atom. The number of halogens is 7. The Hall–Kier alpha value is -2.76. The molecule has 0 spiro atoms. The van der Waals surface area contributed by atoms with E-state index < -0.39 is 62.9 Å². The zero-order chi connectivity index (χ0) is 21.1. The smallest absolute Gasteiger partial charge is 0.307 e. The van der Waals surface area contributed by atoms with Crippen LogP contribution in [0.15, 0.2) is 47.4 Å². The third-order valence-corrected chi connectivity index (χ3v) is 4.18. The average molecular weight is 426 g/mol. The number of nitrogens with one attached hydrogen (secondary N) is 2. The minimum Gasteiger partial charge on any atom is -0.307 e. The van der Waals surface area contributed by atoms with Crippen LogP contribution in [-0.4, -0.2) is 23.4 Å². The molecule has 0 saturated carbocycles. The Labute approximate surface area is 157 Å². The molecule has 0 unspecified atom stereocenters. The van der Waals surface area contributed by atoms with Crippen molar-refractivity contribution in [3.8, 4) is 0 Å². The van der Waals surface area contributed by atoms with Crippen LogP contribution in [0.4, 0.5) is 41.2 Å². The largest absolute Gasteiger partial charge is 0.464 e. The molecule has 0 radical (unpaired) electrons. The summed E-state index contributed by atoms with van der Waals surface area (Å²) in [7, 11) is 0. The predicted molar refractivity (Wildman–Crippen MR) is 86.1 cm³/mol. The van der Waals surface area contributed by atoms with E-state index in [0.717, 1.165) is 36.4 Å². The summed E-state index contributed by atoms with van der Waals surface area (Å²) in [4.78, 5) is 23.0. The van der Waals surface area contributed by atoms with Crippen molar-refractivity contribution < 1.29 is 40.3 Å². The van der Waals surface area contributed by atoms with Crippen molar-refractivity contribution in [2.24, 2.45) is 0 Å². The fourth-order valence-corrected chi connectivity index (χ4v) is 2.66. The number of anilines is 1. The number of imide groups is 1. The quantitative estimate of drug-likeness (QED) is 0.524. The molecule has 3 amide bonds. The Morgan fingerprint density at radius 1 is 0.857 bits per heavy atom. The number of para-hydroxylation sites is 1. The van der Waals surface area contributed by atoms with Crippen LogP contribution in [0.3, 0.4) is 0 Å². The molecule has 2 aromatic rings. The van der Waals surface area contributed by atoms with E-state index in [2.05, 4.69) is 0 Å². The number of urea groups is 1. The maximum atomic E-state index is 13.5. The van der Waals surface area contributed by atoms with Crippen LogP contribution in [0.25, 0.3) is 0 Å². The van der Waals surface area contributed by atoms with Crippen molar-refractivity contribution in [3.63, 3.8) is 0 Å². The molecule has 0 aliphatic heterocycles. The fraction of sp³-hybridized carbons (Fsp3) is 0.125. The lowest BCUT2D eigenvalue weighted by atomic mass is 10.2. The average Bonchev–Trinajstić information content (AvgIpc) is 2.55. The van der Waals surface area contributed by atoms with E-state index in [-0.39, 0.29) is 0 Å². The van der Waals surface area contributed by atoms with Gasteiger partial charge >= 0.3 is 17.5 Å². The summed E-state index contributed by atoms with van der Waals surface area (Å²) in [5.74, 6) is -3.99. The summed E-state index contributed by atoms with van der Waals surface area (Å²) in [6.07, 6.45) is -5.84. The number of carbonyl (C=O) groups is 2. The van der Waals surface area contributed by atoms with Gasteiger partial charge in [-0.05, 0) is 36.0 Å². The highest BCUT2D eigenvalue weighted by Gasteiger charge is 2.58. The predicted octanol–water partition coefficient (Wildman–Crippen LogP) is 5.17. The Kier molecular flexibility index (Phi) is 6.22. The normalized spacial score (nSPS) is 11.8. The molecule has 0 bridgehead atoms. The van der Waals surface area contributed by atoms with Crippen LogP contribution in [0, 0.1) is 11.6 Å². The number of hydrogen-bond donors (Lipinski definition) is 2. The monoisotopic (exact) mass is 426 g/mol. The van der Waals surface area contributed by atoms with Gasteiger partial charge in [-0.3, -0.25) is 10.1 Å². The molecule has 0 aliphatic rings. The van der Waals surface area contributed by atoms with Gasteiger partial charge in [-0.15, -0.1) is 0 Å². The number of rotatable bonds is 4. The third-order valence-electron chi connectivity index (χ3n) is 3.12. The van der Waals surface area contributed by atoms with Gasteiger partial charge in [0.25, 0.3) is 5.91 Å². The molecular formula is C16H9F7N2O2S. The van der Waals surface area contributed by atoms with Crippen LogP contribution >= 0.6 is 11.8 Å². The highest BCUT2D eigenvalue weighted by molar-refractivity contribution is 8.00. The van der Waals surface area contributed by atoms with E-state index in [1.165, 1.54) is 6.07 Å². The van der Waals surface area contributed by atoms with Gasteiger partial charge in [-0.25, -0.2) is 13.6 Å². The Morgan fingerprint density at radius 3 is 2.00 bits per heavy atom. The zero-order valence-electron chi connectivity index (χ0n) is 13.4. The third kappa shape index (κ3) is 4.94. The van der Waals surface area contributed by atoms with E-state index in [0.29, 0.717) is 0 Å². The number of thioether (sulfide) groups is 1. The summed E-state index contributed by atoms with van der Waals surface area (Å²) >= 11 is -0.864. The zero-order valence-corrected chi connectivity index (χ0v) is 14.2. The van der Waals surface area contributed by atoms with Gasteiger partial charge in [0, 0.05) is 4.90 Å². The second-order valence-electron chi connectivity index (χ2n) is 5.12. The van der Waals surface area contributed by atoms with Crippen LogP contribution in [0.2, 0.25) is 0 Å². The van der Waals surface area contributed by atoms with E-state index in [9.17, 15) is 40.3 Å². The summed E-state index contributed by atoms with van der Waals surface area (Å²) in [6.45, 7) is 0. The lowest BCUT2D eigenvalue weighted by molar-refractivity contribution is -0.237. The van der Waals surface area contributed by atoms with Crippen molar-refractivity contribution >= 4 is 29.4 Å². The van der Waals surface area contributed by atoms with Crippen molar-refractivity contribution in [2.45, 2.75) is 16.3 Å². The van der Waals surface area contributed by atoms with Gasteiger partial charge in [-0.1, -0.05) is 18.2 Å². The fourth-order valence-electron chi connectivity index (χ4n) is 1.89. The van der Waals surface area contributed by atoms with Crippen LogP contribution < -0.4 is 10.6 Å². The summed E-state index contributed by atoms with van der Waals surface area (Å²) in [5, 5.41) is -1.70. The molecule has 0 aromatic heterocycles. The van der Waals surface area contributed by atoms with Gasteiger partial charge in [0.05, 0.1) is 5.69 Å². The van der Waals surface area contributed by atoms with Crippen LogP contribution in [0.1, 0.15) is 10.4 Å². The number of amides is 3. The maximum Gasteiger partial charge on any atom is 0.464 e. The lowest BCUT2D eigenvalue weighted by Gasteiger charge is -2.20. The molecule has 2 N–H and O–H groups in total. The second kappa shape index (κ2) is 8.09. The van der Waals surface area contributed by atoms with Crippen molar-refractivity contribution in [1.82, 2.24) is 5.32 Å². The minimum absolute atomic E-state index is 0.476. The molecule has 28 heavy (non-hydrogen) atoms. The Balaban J connectivity index is 2.16. The molecule has 12 heteroatoms. The molecule has 0 atom stereocenters. The standard InChI is InChI=1S/C16H9F7N2O2S/c17-8-4-3-5-9(18)12(8)13(26)25-14(27)24-10-6-1-2-7-11(10)28-16(22,23)15(19,20)21/h1-7H,(H2,24,25,26,27). The number of benzene rings is 2. The molecular weight excluding hydrogens is 417 g/mol. The van der Waals surface area contributed by atoms with Gasteiger partial charge in [-0.2, -0.15) is 22.0 Å². The van der Waals surface area contributed by atoms with Gasteiger partial charge in [0.2, 0.25) is 0 Å². The van der Waals surface area contributed by atoms with E-state index in [1.807, 2.05) is 5.32 Å². The topological polar surface area (TPSA) is 58.2 Å². The molecule has 0 saturated heterocycles. The second-order valence-corrected chi connectivity index (χ2v) is 6.27. The first-order valence-electron chi connectivity index (χ1n) is 7.21. The van der Waals surface area contributed by atoms with Crippen molar-refractivity contribution in [2.75, 3.05) is 5.32 Å². The summed E-state index contributed by atoms with van der Waals surface area (Å²) in [5.41, 5.74) is -1.54. The molecule has 2 rings (SSSR count). The van der Waals surface area contributed by atoms with Gasteiger partial charge in [0.1, 0.15) is 17.2 Å². The minimum atomic E-state index is -5.84. The SMILES string of the molecule is O=C(NC(=O)c1c(F)cccc1F)Nc1ccccc1SC(F)(F)C(F)(F)F.